The van der Waals surface area contributed by atoms with Gasteiger partial charge >= 0.3 is 0 Å². The lowest BCUT2D eigenvalue weighted by atomic mass is 10.1. The van der Waals surface area contributed by atoms with Crippen molar-refractivity contribution in [3.05, 3.63) is 59.1 Å². The van der Waals surface area contributed by atoms with Crippen LogP contribution in [-0.2, 0) is 26.2 Å². The highest BCUT2D eigenvalue weighted by Crippen LogP contribution is 2.23. The van der Waals surface area contributed by atoms with E-state index in [2.05, 4.69) is 5.32 Å². The number of hydrogen-bond donors (Lipinski definition) is 1. The van der Waals surface area contributed by atoms with Crippen LogP contribution in [0.25, 0.3) is 0 Å². The number of anilines is 1. The molecule has 2 aromatic rings. The minimum atomic E-state index is -3.58. The highest BCUT2D eigenvalue weighted by Gasteiger charge is 2.27. The lowest BCUT2D eigenvalue weighted by Gasteiger charge is -2.30. The largest absolute Gasteiger partial charge is 0.497 e. The Bertz CT molecular complexity index is 1140. The molecule has 0 aromatic heterocycles. The molecule has 2 atom stereocenters. The van der Waals surface area contributed by atoms with Crippen LogP contribution < -0.4 is 14.4 Å². The zero-order chi connectivity index (χ0) is 26.9. The topological polar surface area (TPSA) is 96.0 Å². The molecule has 0 saturated carbocycles. The highest BCUT2D eigenvalue weighted by molar-refractivity contribution is 7.92. The number of amides is 2. The van der Waals surface area contributed by atoms with E-state index < -0.39 is 16.1 Å². The van der Waals surface area contributed by atoms with Crippen LogP contribution in [0.2, 0.25) is 5.02 Å². The van der Waals surface area contributed by atoms with Gasteiger partial charge in [-0.1, -0.05) is 36.7 Å². The Morgan fingerprint density at radius 1 is 1.11 bits per heavy atom. The van der Waals surface area contributed by atoms with Crippen LogP contribution in [0.4, 0.5) is 5.69 Å². The van der Waals surface area contributed by atoms with E-state index in [4.69, 9.17) is 16.3 Å². The summed E-state index contributed by atoms with van der Waals surface area (Å²) in [7, 11) is -2.02. The first-order chi connectivity index (χ1) is 17.0. The van der Waals surface area contributed by atoms with Crippen LogP contribution in [0.3, 0.4) is 0 Å². The monoisotopic (exact) mass is 537 g/mol. The van der Waals surface area contributed by atoms with E-state index in [1.165, 1.54) is 9.21 Å². The first kappa shape index (κ1) is 29.5. The molecule has 0 fully saturated rings. The lowest BCUT2D eigenvalue weighted by molar-refractivity contribution is -0.140. The van der Waals surface area contributed by atoms with Crippen molar-refractivity contribution in [1.82, 2.24) is 10.2 Å². The van der Waals surface area contributed by atoms with E-state index in [-0.39, 0.29) is 43.8 Å². The molecule has 198 valence electrons. The van der Waals surface area contributed by atoms with Gasteiger partial charge in [-0.3, -0.25) is 13.9 Å². The third kappa shape index (κ3) is 8.71. The Kier molecular flexibility index (Phi) is 11.0. The summed E-state index contributed by atoms with van der Waals surface area (Å²) < 4.78 is 31.3. The average Bonchev–Trinajstić information content (AvgIpc) is 2.83. The second kappa shape index (κ2) is 13.5. The number of carbonyl (C=O) groups excluding carboxylic acids is 2. The van der Waals surface area contributed by atoms with Gasteiger partial charge in [0.05, 0.1) is 19.1 Å². The number of carbonyl (C=O) groups is 2. The van der Waals surface area contributed by atoms with Gasteiger partial charge in [-0.2, -0.15) is 0 Å². The number of rotatable bonds is 13. The van der Waals surface area contributed by atoms with Crippen molar-refractivity contribution in [2.45, 2.75) is 58.7 Å². The zero-order valence-corrected chi connectivity index (χ0v) is 23.1. The molecule has 36 heavy (non-hydrogen) atoms. The van der Waals surface area contributed by atoms with Crippen molar-refractivity contribution >= 4 is 39.1 Å². The zero-order valence-electron chi connectivity index (χ0n) is 21.5. The van der Waals surface area contributed by atoms with Gasteiger partial charge in [0.2, 0.25) is 21.8 Å². The Morgan fingerprint density at radius 2 is 1.81 bits per heavy atom. The molecule has 0 heterocycles. The fourth-order valence-corrected chi connectivity index (χ4v) is 4.79. The maximum atomic E-state index is 13.4. The molecule has 2 amide bonds. The van der Waals surface area contributed by atoms with Gasteiger partial charge in [0.25, 0.3) is 0 Å². The van der Waals surface area contributed by atoms with Crippen LogP contribution in [0.1, 0.15) is 45.6 Å². The van der Waals surface area contributed by atoms with Crippen LogP contribution in [0.15, 0.2) is 48.5 Å². The van der Waals surface area contributed by atoms with Crippen molar-refractivity contribution in [1.29, 1.82) is 0 Å². The molecule has 8 nitrogen and oxygen atoms in total. The maximum absolute atomic E-state index is 13.4. The van der Waals surface area contributed by atoms with E-state index >= 15 is 0 Å². The lowest BCUT2D eigenvalue weighted by Crippen LogP contribution is -2.49. The Balaban J connectivity index is 2.19. The fourth-order valence-electron chi connectivity index (χ4n) is 3.65. The Labute approximate surface area is 219 Å². The molecular weight excluding hydrogens is 502 g/mol. The normalized spacial score (nSPS) is 12.9. The maximum Gasteiger partial charge on any atom is 0.242 e. The number of methoxy groups -OCH3 is 1. The van der Waals surface area contributed by atoms with Gasteiger partial charge < -0.3 is 15.0 Å². The minimum Gasteiger partial charge on any atom is -0.497 e. The summed E-state index contributed by atoms with van der Waals surface area (Å²) in [5, 5.41) is 3.36. The quantitative estimate of drug-likeness (QED) is 0.412. The van der Waals surface area contributed by atoms with E-state index in [0.29, 0.717) is 16.5 Å². The molecule has 0 aliphatic carbocycles. The molecule has 2 aromatic carbocycles. The van der Waals surface area contributed by atoms with E-state index in [0.717, 1.165) is 18.2 Å². The van der Waals surface area contributed by atoms with Gasteiger partial charge in [0.1, 0.15) is 11.8 Å². The van der Waals surface area contributed by atoms with Crippen LogP contribution in [0.5, 0.6) is 5.75 Å². The van der Waals surface area contributed by atoms with Crippen molar-refractivity contribution in [3.8, 4) is 5.75 Å². The van der Waals surface area contributed by atoms with Crippen molar-refractivity contribution in [3.63, 3.8) is 0 Å². The summed E-state index contributed by atoms with van der Waals surface area (Å²) in [6, 6.07) is 13.2. The van der Waals surface area contributed by atoms with E-state index in [9.17, 15) is 18.0 Å². The van der Waals surface area contributed by atoms with E-state index in [1.54, 1.807) is 38.3 Å². The molecular formula is C26H36ClN3O5S. The average molecular weight is 538 g/mol. The molecule has 0 radical (unpaired) electrons. The van der Waals surface area contributed by atoms with Gasteiger partial charge in [0.15, 0.2) is 0 Å². The number of halogens is 1. The third-order valence-corrected chi connectivity index (χ3v) is 7.33. The molecule has 0 aliphatic heterocycles. The van der Waals surface area contributed by atoms with Crippen molar-refractivity contribution < 1.29 is 22.7 Å². The standard InChI is InChI=1S/C26H36ClN3O5S/c1-6-19(2)28-26(32)20(3)29(18-21-10-7-13-24(16-21)35-4)25(31)14-9-15-30(36(5,33)34)23-12-8-11-22(27)17-23/h7-8,10-13,16-17,19-20H,6,9,14-15,18H2,1-5H3,(H,28,32)/t19-,20-/m0/s1. The molecule has 2 rings (SSSR count). The summed E-state index contributed by atoms with van der Waals surface area (Å²) in [6.07, 6.45) is 2.23. The summed E-state index contributed by atoms with van der Waals surface area (Å²) in [5.41, 5.74) is 1.26. The first-order valence-corrected chi connectivity index (χ1v) is 14.1. The van der Waals surface area contributed by atoms with Gasteiger partial charge in [0, 0.05) is 30.6 Å². The van der Waals surface area contributed by atoms with Gasteiger partial charge in [-0.15, -0.1) is 0 Å². The number of nitrogens with one attached hydrogen (secondary N) is 1. The SMILES string of the molecule is CC[C@H](C)NC(=O)[C@H](C)N(Cc1cccc(OC)c1)C(=O)CCCN(c1cccc(Cl)c1)S(C)(=O)=O. The Hall–Kier alpha value is -2.78. The predicted octanol–water partition coefficient (Wildman–Crippen LogP) is 4.23. The highest BCUT2D eigenvalue weighted by atomic mass is 35.5. The number of ether oxygens (including phenoxy) is 1. The first-order valence-electron chi connectivity index (χ1n) is 11.9. The van der Waals surface area contributed by atoms with Crippen molar-refractivity contribution in [2.75, 3.05) is 24.2 Å². The Morgan fingerprint density at radius 3 is 2.42 bits per heavy atom. The molecule has 0 bridgehead atoms. The molecule has 1 N–H and O–H groups in total. The number of hydrogen-bond acceptors (Lipinski definition) is 5. The fraction of sp³-hybridized carbons (Fsp3) is 0.462. The molecule has 0 saturated heterocycles. The smallest absolute Gasteiger partial charge is 0.242 e. The van der Waals surface area contributed by atoms with Crippen LogP contribution in [-0.4, -0.2) is 57.1 Å². The van der Waals surface area contributed by atoms with E-state index in [1.807, 2.05) is 38.1 Å². The van der Waals surface area contributed by atoms with Crippen LogP contribution >= 0.6 is 11.6 Å². The third-order valence-electron chi connectivity index (χ3n) is 5.90. The molecule has 0 spiro atoms. The number of nitrogens with zero attached hydrogens (tertiary/aromatic N) is 2. The number of benzene rings is 2. The summed E-state index contributed by atoms with van der Waals surface area (Å²) >= 11 is 6.05. The van der Waals surface area contributed by atoms with Gasteiger partial charge in [-0.05, 0) is 62.6 Å². The molecule has 0 unspecified atom stereocenters. The summed E-state index contributed by atoms with van der Waals surface area (Å²) in [4.78, 5) is 27.7. The number of sulfonamides is 1. The van der Waals surface area contributed by atoms with Crippen molar-refractivity contribution in [2.24, 2.45) is 0 Å². The second-order valence-electron chi connectivity index (χ2n) is 8.79. The predicted molar refractivity (Wildman–Crippen MR) is 144 cm³/mol. The van der Waals surface area contributed by atoms with Gasteiger partial charge in [-0.25, -0.2) is 8.42 Å². The molecule has 0 aliphatic rings. The van der Waals surface area contributed by atoms with Crippen LogP contribution in [0, 0.1) is 0 Å². The minimum absolute atomic E-state index is 0.0188. The summed E-state index contributed by atoms with van der Waals surface area (Å²) in [5.74, 6) is 0.170. The summed E-state index contributed by atoms with van der Waals surface area (Å²) in [6.45, 7) is 5.90. The molecule has 10 heteroatoms. The second-order valence-corrected chi connectivity index (χ2v) is 11.1.